The van der Waals surface area contributed by atoms with Crippen LogP contribution >= 0.6 is 0 Å². The third-order valence-corrected chi connectivity index (χ3v) is 3.29. The molecule has 2 N–H and O–H groups in total. The molecule has 0 atom stereocenters. The van der Waals surface area contributed by atoms with Crippen molar-refractivity contribution in [3.05, 3.63) is 48.2 Å². The minimum Gasteiger partial charge on any atom is -0.492 e. The molecule has 0 aliphatic heterocycles. The van der Waals surface area contributed by atoms with Crippen LogP contribution in [0.15, 0.2) is 42.6 Å². The summed E-state index contributed by atoms with van der Waals surface area (Å²) in [6.07, 6.45) is 2.33. The van der Waals surface area contributed by atoms with E-state index in [0.29, 0.717) is 31.1 Å². The number of amides is 1. The number of methoxy groups -OCH3 is 1. The summed E-state index contributed by atoms with van der Waals surface area (Å²) >= 11 is 0. The van der Waals surface area contributed by atoms with E-state index in [1.165, 1.54) is 0 Å². The van der Waals surface area contributed by atoms with Crippen molar-refractivity contribution in [2.75, 3.05) is 32.2 Å². The molecule has 1 heterocycles. The van der Waals surface area contributed by atoms with Gasteiger partial charge in [-0.25, -0.2) is 4.98 Å². The number of nitrogens with one attached hydrogen (secondary N) is 2. The van der Waals surface area contributed by atoms with Gasteiger partial charge in [0.15, 0.2) is 0 Å². The van der Waals surface area contributed by atoms with E-state index in [4.69, 9.17) is 9.47 Å². The van der Waals surface area contributed by atoms with Gasteiger partial charge in [-0.15, -0.1) is 0 Å². The van der Waals surface area contributed by atoms with E-state index in [0.717, 1.165) is 17.9 Å². The number of para-hydroxylation sites is 2. The Bertz CT molecular complexity index is 644. The number of benzene rings is 1. The SMILES string of the molecule is CCOc1ccccc1Nc1ccc(C(=O)NCCCOC)cn1. The second-order valence-corrected chi connectivity index (χ2v) is 5.09. The molecule has 0 saturated heterocycles. The molecule has 1 aromatic carbocycles. The van der Waals surface area contributed by atoms with Crippen LogP contribution in [-0.2, 0) is 4.74 Å². The Balaban J connectivity index is 1.96. The predicted octanol–water partition coefficient (Wildman–Crippen LogP) is 2.99. The highest BCUT2D eigenvalue weighted by Gasteiger charge is 2.07. The Labute approximate surface area is 142 Å². The lowest BCUT2D eigenvalue weighted by molar-refractivity contribution is 0.0948. The molecule has 0 aliphatic carbocycles. The topological polar surface area (TPSA) is 72.5 Å². The molecule has 6 heteroatoms. The number of carbonyl (C=O) groups excluding carboxylic acids is 1. The summed E-state index contributed by atoms with van der Waals surface area (Å²) in [4.78, 5) is 16.3. The van der Waals surface area contributed by atoms with Crippen LogP contribution < -0.4 is 15.4 Å². The Morgan fingerprint density at radius 1 is 1.21 bits per heavy atom. The van der Waals surface area contributed by atoms with Crippen molar-refractivity contribution in [3.63, 3.8) is 0 Å². The lowest BCUT2D eigenvalue weighted by atomic mass is 10.2. The molecule has 0 unspecified atom stereocenters. The molecule has 0 radical (unpaired) electrons. The van der Waals surface area contributed by atoms with Crippen LogP contribution in [0.2, 0.25) is 0 Å². The van der Waals surface area contributed by atoms with Crippen LogP contribution in [-0.4, -0.2) is 37.8 Å². The van der Waals surface area contributed by atoms with Gasteiger partial charge in [0.1, 0.15) is 11.6 Å². The molecule has 6 nitrogen and oxygen atoms in total. The summed E-state index contributed by atoms with van der Waals surface area (Å²) in [7, 11) is 1.64. The van der Waals surface area contributed by atoms with Crippen molar-refractivity contribution in [3.8, 4) is 5.75 Å². The molecule has 0 bridgehead atoms. The van der Waals surface area contributed by atoms with Gasteiger partial charge in [0, 0.05) is 26.5 Å². The average molecular weight is 329 g/mol. The quantitative estimate of drug-likeness (QED) is 0.692. The normalized spacial score (nSPS) is 10.2. The molecule has 1 aromatic heterocycles. The molecule has 2 rings (SSSR count). The third kappa shape index (κ3) is 5.24. The Hall–Kier alpha value is -2.60. The van der Waals surface area contributed by atoms with E-state index in [-0.39, 0.29) is 5.91 Å². The van der Waals surface area contributed by atoms with Crippen LogP contribution in [0, 0.1) is 0 Å². The van der Waals surface area contributed by atoms with Crippen molar-refractivity contribution >= 4 is 17.4 Å². The Kier molecular flexibility index (Phi) is 7.04. The maximum absolute atomic E-state index is 12.0. The number of pyridine rings is 1. The highest BCUT2D eigenvalue weighted by atomic mass is 16.5. The molecule has 1 amide bonds. The zero-order valence-electron chi connectivity index (χ0n) is 14.0. The molecule has 2 aromatic rings. The predicted molar refractivity (Wildman–Crippen MR) is 94.0 cm³/mol. The highest BCUT2D eigenvalue weighted by Crippen LogP contribution is 2.26. The van der Waals surface area contributed by atoms with Gasteiger partial charge in [0.05, 0.1) is 17.9 Å². The van der Waals surface area contributed by atoms with Gasteiger partial charge in [-0.2, -0.15) is 0 Å². The molecule has 24 heavy (non-hydrogen) atoms. The first-order valence-electron chi connectivity index (χ1n) is 7.96. The van der Waals surface area contributed by atoms with E-state index in [1.54, 1.807) is 25.4 Å². The van der Waals surface area contributed by atoms with Gasteiger partial charge in [0.25, 0.3) is 5.91 Å². The van der Waals surface area contributed by atoms with E-state index < -0.39 is 0 Å². The number of hydrogen-bond donors (Lipinski definition) is 2. The van der Waals surface area contributed by atoms with E-state index in [2.05, 4.69) is 15.6 Å². The van der Waals surface area contributed by atoms with Crippen molar-refractivity contribution < 1.29 is 14.3 Å². The van der Waals surface area contributed by atoms with E-state index in [9.17, 15) is 4.79 Å². The maximum atomic E-state index is 12.0. The second kappa shape index (κ2) is 9.52. The minimum absolute atomic E-state index is 0.139. The molecule has 128 valence electrons. The Morgan fingerprint density at radius 2 is 2.04 bits per heavy atom. The number of nitrogens with zero attached hydrogens (tertiary/aromatic N) is 1. The van der Waals surface area contributed by atoms with E-state index >= 15 is 0 Å². The molecule has 0 fully saturated rings. The van der Waals surface area contributed by atoms with Crippen molar-refractivity contribution in [2.24, 2.45) is 0 Å². The molecule has 0 saturated carbocycles. The van der Waals surface area contributed by atoms with Gasteiger partial charge in [-0.3, -0.25) is 4.79 Å². The number of aromatic nitrogens is 1. The lowest BCUT2D eigenvalue weighted by Crippen LogP contribution is -2.25. The first kappa shape index (κ1) is 17.7. The summed E-state index contributed by atoms with van der Waals surface area (Å²) in [5.74, 6) is 1.28. The number of anilines is 2. The largest absolute Gasteiger partial charge is 0.492 e. The van der Waals surface area contributed by atoms with Crippen LogP contribution in [0.3, 0.4) is 0 Å². The van der Waals surface area contributed by atoms with Crippen LogP contribution in [0.4, 0.5) is 11.5 Å². The van der Waals surface area contributed by atoms with Crippen molar-refractivity contribution in [1.29, 1.82) is 0 Å². The van der Waals surface area contributed by atoms with Crippen molar-refractivity contribution in [1.82, 2.24) is 10.3 Å². The smallest absolute Gasteiger partial charge is 0.252 e. The number of hydrogen-bond acceptors (Lipinski definition) is 5. The average Bonchev–Trinajstić information content (AvgIpc) is 2.61. The maximum Gasteiger partial charge on any atom is 0.252 e. The lowest BCUT2D eigenvalue weighted by Gasteiger charge is -2.12. The van der Waals surface area contributed by atoms with Crippen LogP contribution in [0.25, 0.3) is 0 Å². The minimum atomic E-state index is -0.139. The standard InChI is InChI=1S/C18H23N3O3/c1-3-24-16-8-5-4-7-15(16)21-17-10-9-14(13-20-17)18(22)19-11-6-12-23-2/h4-5,7-10,13H,3,6,11-12H2,1-2H3,(H,19,22)(H,20,21). The zero-order chi connectivity index (χ0) is 17.2. The molecule has 0 aliphatic rings. The number of carbonyl (C=O) groups is 1. The van der Waals surface area contributed by atoms with Gasteiger partial charge in [-0.1, -0.05) is 12.1 Å². The summed E-state index contributed by atoms with van der Waals surface area (Å²) in [5, 5.41) is 6.03. The summed E-state index contributed by atoms with van der Waals surface area (Å²) < 4.78 is 10.5. The van der Waals surface area contributed by atoms with E-state index in [1.807, 2.05) is 31.2 Å². The molecule has 0 spiro atoms. The highest BCUT2D eigenvalue weighted by molar-refractivity contribution is 5.94. The van der Waals surface area contributed by atoms with Crippen LogP contribution in [0.1, 0.15) is 23.7 Å². The Morgan fingerprint density at radius 3 is 2.75 bits per heavy atom. The van der Waals surface area contributed by atoms with Crippen LogP contribution in [0.5, 0.6) is 5.75 Å². The van der Waals surface area contributed by atoms with Gasteiger partial charge >= 0.3 is 0 Å². The first-order valence-corrected chi connectivity index (χ1v) is 7.96. The zero-order valence-corrected chi connectivity index (χ0v) is 14.0. The first-order chi connectivity index (χ1) is 11.7. The van der Waals surface area contributed by atoms with Gasteiger partial charge in [0.2, 0.25) is 0 Å². The summed E-state index contributed by atoms with van der Waals surface area (Å²) in [6.45, 7) is 3.73. The van der Waals surface area contributed by atoms with Crippen molar-refractivity contribution in [2.45, 2.75) is 13.3 Å². The summed E-state index contributed by atoms with van der Waals surface area (Å²) in [6, 6.07) is 11.2. The summed E-state index contributed by atoms with van der Waals surface area (Å²) in [5.41, 5.74) is 1.36. The van der Waals surface area contributed by atoms with Gasteiger partial charge < -0.3 is 20.1 Å². The molecular weight excluding hydrogens is 306 g/mol. The fourth-order valence-corrected chi connectivity index (χ4v) is 2.11. The van der Waals surface area contributed by atoms with Gasteiger partial charge in [-0.05, 0) is 37.6 Å². The molecular formula is C18H23N3O3. The number of ether oxygens (including phenoxy) is 2. The monoisotopic (exact) mass is 329 g/mol. The number of rotatable bonds is 9. The fraction of sp³-hybridized carbons (Fsp3) is 0.333. The second-order valence-electron chi connectivity index (χ2n) is 5.09. The fourth-order valence-electron chi connectivity index (χ4n) is 2.11. The third-order valence-electron chi connectivity index (χ3n) is 3.29.